The Hall–Kier alpha value is -2.62. The normalized spacial score (nSPS) is 17.0. The molecule has 1 aliphatic heterocycles. The third-order valence-electron chi connectivity index (χ3n) is 4.63. The van der Waals surface area contributed by atoms with Crippen LogP contribution in [0.15, 0.2) is 86.8 Å². The molecule has 0 aliphatic carbocycles. The van der Waals surface area contributed by atoms with Crippen molar-refractivity contribution in [1.82, 2.24) is 10.4 Å². The van der Waals surface area contributed by atoms with E-state index in [-0.39, 0.29) is 19.7 Å². The number of hydrazone groups is 1. The van der Waals surface area contributed by atoms with Gasteiger partial charge in [0.05, 0.1) is 10.8 Å². The lowest BCUT2D eigenvalue weighted by Gasteiger charge is -2.13. The molecule has 0 saturated heterocycles. The highest BCUT2D eigenvalue weighted by Crippen LogP contribution is 2.33. The first-order valence-corrected chi connectivity index (χ1v) is 11.9. The Bertz CT molecular complexity index is 1280. The fraction of sp³-hybridized carbons (Fsp3) is 0.105. The number of nitrogens with zero attached hydrogens (tertiary/aromatic N) is 1. The Morgan fingerprint density at radius 2 is 1.48 bits per heavy atom. The third-order valence-corrected chi connectivity index (χ3v) is 8.67. The number of H-pyrrole nitrogens is 1. The number of halogens is 1. The lowest BCUT2D eigenvalue weighted by molar-refractivity contribution is 0.588. The summed E-state index contributed by atoms with van der Waals surface area (Å²) in [7, 11) is -8.25. The number of rotatable bonds is 4. The van der Waals surface area contributed by atoms with Gasteiger partial charge in [0, 0.05) is 24.0 Å². The highest BCUT2D eigenvalue weighted by molar-refractivity contribution is 8.07. The predicted octanol–water partition coefficient (Wildman–Crippen LogP) is 2.98. The second kappa shape index (κ2) is 7.33. The van der Waals surface area contributed by atoms with Crippen molar-refractivity contribution in [2.75, 3.05) is 6.54 Å². The molecule has 0 radical (unpaired) electrons. The van der Waals surface area contributed by atoms with E-state index in [9.17, 15) is 16.8 Å². The lowest BCUT2D eigenvalue weighted by atomic mass is 10.0. The van der Waals surface area contributed by atoms with E-state index in [1.807, 2.05) is 30.3 Å². The second-order valence-electron chi connectivity index (χ2n) is 6.42. The number of aromatic amines is 1. The Morgan fingerprint density at radius 1 is 0.862 bits per heavy atom. The highest BCUT2D eigenvalue weighted by Gasteiger charge is 2.38. The first-order valence-electron chi connectivity index (χ1n) is 8.60. The maximum Gasteiger partial charge on any atom is 0.225 e. The Morgan fingerprint density at radius 3 is 2.14 bits per heavy atom. The molecule has 1 aliphatic rings. The lowest BCUT2D eigenvalue weighted by Crippen LogP contribution is -2.23. The molecule has 0 bridgehead atoms. The molecule has 10 heteroatoms. The molecule has 1 atom stereocenters. The largest absolute Gasteiger partial charge is 0.365 e. The average molecular weight is 450 g/mol. The maximum atomic E-state index is 13.4. The Kier molecular flexibility index (Phi) is 4.97. The van der Waals surface area contributed by atoms with Crippen LogP contribution in [0.3, 0.4) is 0 Å². The molecule has 150 valence electrons. The monoisotopic (exact) mass is 449 g/mol. The summed E-state index contributed by atoms with van der Waals surface area (Å²) >= 11 is 5.83. The molecular weight excluding hydrogens is 434 g/mol. The molecule has 1 unspecified atom stereocenters. The molecule has 2 aromatic carbocycles. The van der Waals surface area contributed by atoms with Crippen LogP contribution in [0.4, 0.5) is 0 Å². The van der Waals surface area contributed by atoms with Gasteiger partial charge in [0.1, 0.15) is 9.79 Å². The molecule has 0 spiro atoms. The van der Waals surface area contributed by atoms with Gasteiger partial charge in [0.15, 0.2) is 5.04 Å². The van der Waals surface area contributed by atoms with Gasteiger partial charge in [-0.2, -0.15) is 5.10 Å². The van der Waals surface area contributed by atoms with Gasteiger partial charge in [-0.05, 0) is 29.8 Å². The zero-order chi connectivity index (χ0) is 20.6. The Balaban J connectivity index is 1.79. The van der Waals surface area contributed by atoms with Gasteiger partial charge in [0.25, 0.3) is 0 Å². The number of hydrogen-bond acceptors (Lipinski definition) is 6. The smallest absolute Gasteiger partial charge is 0.225 e. The van der Waals surface area contributed by atoms with Crippen molar-refractivity contribution >= 4 is 36.3 Å². The van der Waals surface area contributed by atoms with Gasteiger partial charge in [-0.25, -0.2) is 16.8 Å². The molecule has 2 N–H and O–H groups in total. The van der Waals surface area contributed by atoms with Gasteiger partial charge >= 0.3 is 0 Å². The van der Waals surface area contributed by atoms with Crippen LogP contribution in [-0.2, 0) is 19.7 Å². The van der Waals surface area contributed by atoms with E-state index >= 15 is 0 Å². The van der Waals surface area contributed by atoms with E-state index in [4.69, 9.17) is 11.6 Å². The quantitative estimate of drug-likeness (QED) is 0.636. The molecule has 0 fully saturated rings. The summed E-state index contributed by atoms with van der Waals surface area (Å²) in [6.07, 6.45) is 2.33. The predicted molar refractivity (Wildman–Crippen MR) is 110 cm³/mol. The topological polar surface area (TPSA) is 108 Å². The molecule has 1 aromatic heterocycles. The minimum absolute atomic E-state index is 0.0518. The van der Waals surface area contributed by atoms with E-state index in [0.717, 1.165) is 11.8 Å². The van der Waals surface area contributed by atoms with E-state index in [0.29, 0.717) is 11.6 Å². The zero-order valence-electron chi connectivity index (χ0n) is 14.9. The first kappa shape index (κ1) is 19.7. The van der Waals surface area contributed by atoms with Crippen molar-refractivity contribution in [1.29, 1.82) is 0 Å². The summed E-state index contributed by atoms with van der Waals surface area (Å²) in [4.78, 5) is 1.89. The third kappa shape index (κ3) is 3.45. The summed E-state index contributed by atoms with van der Waals surface area (Å²) in [5, 5.41) is 4.24. The molecule has 0 amide bonds. The van der Waals surface area contributed by atoms with Gasteiger partial charge in [-0.3, -0.25) is 0 Å². The van der Waals surface area contributed by atoms with Gasteiger partial charge in [-0.1, -0.05) is 41.9 Å². The van der Waals surface area contributed by atoms with Crippen LogP contribution in [0.1, 0.15) is 11.5 Å². The van der Waals surface area contributed by atoms with Crippen molar-refractivity contribution in [2.24, 2.45) is 5.10 Å². The summed E-state index contributed by atoms with van der Waals surface area (Å²) < 4.78 is 52.8. The van der Waals surface area contributed by atoms with E-state index < -0.39 is 25.6 Å². The van der Waals surface area contributed by atoms with Crippen molar-refractivity contribution in [3.05, 3.63) is 77.6 Å². The molecule has 0 saturated carbocycles. The van der Waals surface area contributed by atoms with Crippen molar-refractivity contribution in [3.63, 3.8) is 0 Å². The molecule has 3 aromatic rings. The fourth-order valence-electron chi connectivity index (χ4n) is 3.18. The second-order valence-corrected chi connectivity index (χ2v) is 10.6. The van der Waals surface area contributed by atoms with Gasteiger partial charge in [-0.15, -0.1) is 0 Å². The van der Waals surface area contributed by atoms with Crippen molar-refractivity contribution < 1.29 is 16.8 Å². The molecule has 7 nitrogen and oxygen atoms in total. The van der Waals surface area contributed by atoms with Crippen LogP contribution in [-0.4, -0.2) is 33.4 Å². The summed E-state index contributed by atoms with van der Waals surface area (Å²) in [6, 6.07) is 14.6. The average Bonchev–Trinajstić information content (AvgIpc) is 3.40. The van der Waals surface area contributed by atoms with E-state index in [2.05, 4.69) is 15.5 Å². The van der Waals surface area contributed by atoms with Crippen molar-refractivity contribution in [2.45, 2.75) is 20.6 Å². The summed E-state index contributed by atoms with van der Waals surface area (Å²) in [5.41, 5.74) is 3.50. The fourth-order valence-corrected chi connectivity index (χ4v) is 6.81. The standard InChI is InChI=1S/C19H16ClN3O4S2/c20-14-6-8-15(9-7-14)28(24,25)17-11-21-12-18(17)29(26,27)19-16(10-22-23-19)13-4-2-1-3-5-13/h1-9,11-12,16,21-22H,10H2. The minimum Gasteiger partial charge on any atom is -0.365 e. The Labute approximate surface area is 173 Å². The number of sulfone groups is 2. The van der Waals surface area contributed by atoms with Crippen LogP contribution in [0.2, 0.25) is 5.02 Å². The van der Waals surface area contributed by atoms with Gasteiger partial charge < -0.3 is 10.4 Å². The number of nitrogens with one attached hydrogen (secondary N) is 2. The zero-order valence-corrected chi connectivity index (χ0v) is 17.3. The first-order chi connectivity index (χ1) is 13.8. The van der Waals surface area contributed by atoms with Crippen molar-refractivity contribution in [3.8, 4) is 0 Å². The van der Waals surface area contributed by atoms with E-state index in [1.165, 1.54) is 30.5 Å². The molecular formula is C19H16ClN3O4S2. The van der Waals surface area contributed by atoms with Crippen LogP contribution in [0, 0.1) is 0 Å². The molecule has 4 rings (SSSR count). The van der Waals surface area contributed by atoms with Crippen LogP contribution >= 0.6 is 11.6 Å². The summed E-state index contributed by atoms with van der Waals surface area (Å²) in [5.74, 6) is -0.512. The van der Waals surface area contributed by atoms with Gasteiger partial charge in [0.2, 0.25) is 19.7 Å². The van der Waals surface area contributed by atoms with Crippen LogP contribution < -0.4 is 5.43 Å². The SMILES string of the molecule is O=S(=O)(C1=NNCC1c1ccccc1)c1c[nH]cc1S(=O)(=O)c1ccc(Cl)cc1. The van der Waals surface area contributed by atoms with Crippen LogP contribution in [0.25, 0.3) is 0 Å². The molecule has 29 heavy (non-hydrogen) atoms. The maximum absolute atomic E-state index is 13.4. The van der Waals surface area contributed by atoms with E-state index in [1.54, 1.807) is 0 Å². The minimum atomic E-state index is -4.17. The summed E-state index contributed by atoms with van der Waals surface area (Å²) in [6.45, 7) is 0.308. The highest BCUT2D eigenvalue weighted by atomic mass is 35.5. The number of aromatic nitrogens is 1. The number of benzene rings is 2. The molecule has 2 heterocycles. The number of hydrogen-bond donors (Lipinski definition) is 2. The van der Waals surface area contributed by atoms with Crippen LogP contribution in [0.5, 0.6) is 0 Å².